The van der Waals surface area contributed by atoms with Crippen molar-refractivity contribution in [2.75, 3.05) is 17.3 Å². The largest absolute Gasteiger partial charge is 0.369 e. The van der Waals surface area contributed by atoms with E-state index in [0.717, 1.165) is 30.0 Å². The second-order valence-electron chi connectivity index (χ2n) is 3.89. The summed E-state index contributed by atoms with van der Waals surface area (Å²) in [5.74, 6) is 7.56. The van der Waals surface area contributed by atoms with Crippen LogP contribution in [-0.2, 0) is 6.42 Å². The molecule has 0 spiro atoms. The number of nitrogen functional groups attached to an aromatic ring is 1. The van der Waals surface area contributed by atoms with Crippen molar-refractivity contribution in [1.82, 2.24) is 15.0 Å². The van der Waals surface area contributed by atoms with Crippen LogP contribution < -0.4 is 16.6 Å². The van der Waals surface area contributed by atoms with Crippen molar-refractivity contribution in [3.8, 4) is 0 Å². The average molecular weight is 264 g/mol. The summed E-state index contributed by atoms with van der Waals surface area (Å²) in [5, 5.41) is 5.33. The molecule has 2 aromatic heterocycles. The van der Waals surface area contributed by atoms with Gasteiger partial charge in [0.05, 0.1) is 11.2 Å². The molecule has 0 amide bonds. The van der Waals surface area contributed by atoms with E-state index in [1.165, 1.54) is 0 Å². The van der Waals surface area contributed by atoms with Gasteiger partial charge in [-0.2, -0.15) is 0 Å². The summed E-state index contributed by atoms with van der Waals surface area (Å²) in [5.41, 5.74) is 6.43. The molecule has 0 aliphatic rings. The highest BCUT2D eigenvalue weighted by Gasteiger charge is 2.07. The van der Waals surface area contributed by atoms with Gasteiger partial charge in [-0.25, -0.2) is 20.8 Å². The highest BCUT2D eigenvalue weighted by Crippen LogP contribution is 2.18. The van der Waals surface area contributed by atoms with Crippen LogP contribution in [0.1, 0.15) is 17.1 Å². The maximum absolute atomic E-state index is 5.42. The van der Waals surface area contributed by atoms with E-state index in [2.05, 4.69) is 25.7 Å². The normalized spacial score (nSPS) is 10.4. The van der Waals surface area contributed by atoms with Gasteiger partial charge in [0.2, 0.25) is 0 Å². The summed E-state index contributed by atoms with van der Waals surface area (Å²) in [6.45, 7) is 4.55. The van der Waals surface area contributed by atoms with Gasteiger partial charge in [-0.15, -0.1) is 11.3 Å². The Hall–Kier alpha value is -1.73. The Balaban J connectivity index is 2.02. The first kappa shape index (κ1) is 12.7. The van der Waals surface area contributed by atoms with Gasteiger partial charge in [-0.05, 0) is 13.8 Å². The van der Waals surface area contributed by atoms with E-state index in [1.54, 1.807) is 11.3 Å². The number of aromatic nitrogens is 3. The first-order chi connectivity index (χ1) is 8.70. The molecule has 0 fully saturated rings. The third-order valence-corrected chi connectivity index (χ3v) is 3.19. The number of nitrogens with one attached hydrogen (secondary N) is 2. The third kappa shape index (κ3) is 2.93. The molecule has 7 heteroatoms. The van der Waals surface area contributed by atoms with Gasteiger partial charge in [0.1, 0.15) is 17.5 Å². The van der Waals surface area contributed by atoms with Crippen LogP contribution in [0.5, 0.6) is 0 Å². The van der Waals surface area contributed by atoms with Crippen molar-refractivity contribution in [3.63, 3.8) is 0 Å². The van der Waals surface area contributed by atoms with Crippen LogP contribution in [-0.4, -0.2) is 21.5 Å². The number of hydrogen-bond donors (Lipinski definition) is 3. The molecular formula is C11H16N6S. The Labute approximate surface area is 110 Å². The Morgan fingerprint density at radius 3 is 2.72 bits per heavy atom. The number of rotatable bonds is 5. The lowest BCUT2D eigenvalue weighted by Crippen LogP contribution is -2.15. The lowest BCUT2D eigenvalue weighted by Gasteiger charge is -2.11. The molecular weight excluding hydrogens is 248 g/mol. The Bertz CT molecular complexity index is 511. The summed E-state index contributed by atoms with van der Waals surface area (Å²) >= 11 is 1.61. The zero-order valence-electron chi connectivity index (χ0n) is 10.4. The first-order valence-electron chi connectivity index (χ1n) is 5.63. The fourth-order valence-corrected chi connectivity index (χ4v) is 2.20. The van der Waals surface area contributed by atoms with E-state index >= 15 is 0 Å². The summed E-state index contributed by atoms with van der Waals surface area (Å²) in [6.07, 6.45) is 0.872. The monoisotopic (exact) mass is 264 g/mol. The van der Waals surface area contributed by atoms with Crippen LogP contribution in [0.15, 0.2) is 10.9 Å². The number of hydrazine groups is 1. The smallest absolute Gasteiger partial charge is 0.148 e. The van der Waals surface area contributed by atoms with E-state index in [0.29, 0.717) is 11.6 Å². The van der Waals surface area contributed by atoms with Gasteiger partial charge in [0.15, 0.2) is 0 Å². The molecule has 0 aliphatic carbocycles. The lowest BCUT2D eigenvalue weighted by atomic mass is 10.3. The van der Waals surface area contributed by atoms with Crippen LogP contribution in [0.3, 0.4) is 0 Å². The van der Waals surface area contributed by atoms with Crippen molar-refractivity contribution >= 4 is 23.0 Å². The number of nitrogens with two attached hydrogens (primary N) is 1. The van der Waals surface area contributed by atoms with Gasteiger partial charge in [0.25, 0.3) is 0 Å². The second-order valence-corrected chi connectivity index (χ2v) is 4.61. The fourth-order valence-electron chi connectivity index (χ4n) is 1.61. The van der Waals surface area contributed by atoms with Crippen LogP contribution in [0.2, 0.25) is 0 Å². The van der Waals surface area contributed by atoms with Crippen molar-refractivity contribution in [3.05, 3.63) is 28.0 Å². The van der Waals surface area contributed by atoms with E-state index in [4.69, 9.17) is 5.84 Å². The average Bonchev–Trinajstić information content (AvgIpc) is 2.86. The molecule has 96 valence electrons. The minimum atomic E-state index is 0.652. The quantitative estimate of drug-likeness (QED) is 0.560. The molecule has 18 heavy (non-hydrogen) atoms. The molecule has 0 unspecified atom stereocenters. The van der Waals surface area contributed by atoms with E-state index in [9.17, 15) is 0 Å². The first-order valence-corrected chi connectivity index (χ1v) is 6.57. The lowest BCUT2D eigenvalue weighted by molar-refractivity contribution is 0.946. The van der Waals surface area contributed by atoms with Crippen LogP contribution in [0, 0.1) is 13.8 Å². The molecule has 0 atom stereocenters. The Morgan fingerprint density at radius 1 is 1.28 bits per heavy atom. The third-order valence-electron chi connectivity index (χ3n) is 2.55. The summed E-state index contributed by atoms with van der Waals surface area (Å²) in [7, 11) is 0. The summed E-state index contributed by atoms with van der Waals surface area (Å²) < 4.78 is 0. The molecule has 2 aromatic rings. The number of anilines is 2. The van der Waals surface area contributed by atoms with E-state index in [-0.39, 0.29) is 0 Å². The van der Waals surface area contributed by atoms with Crippen molar-refractivity contribution in [2.45, 2.75) is 20.3 Å². The van der Waals surface area contributed by atoms with E-state index in [1.807, 2.05) is 24.7 Å². The van der Waals surface area contributed by atoms with Gasteiger partial charge in [0, 0.05) is 23.9 Å². The van der Waals surface area contributed by atoms with Gasteiger partial charge in [-0.1, -0.05) is 0 Å². The molecule has 6 nitrogen and oxygen atoms in total. The topological polar surface area (TPSA) is 88.8 Å². The van der Waals surface area contributed by atoms with Gasteiger partial charge >= 0.3 is 0 Å². The predicted octanol–water partition coefficient (Wildman–Crippen LogP) is 1.49. The highest BCUT2D eigenvalue weighted by molar-refractivity contribution is 7.07. The van der Waals surface area contributed by atoms with Crippen LogP contribution in [0.4, 0.5) is 11.6 Å². The van der Waals surface area contributed by atoms with Gasteiger partial charge < -0.3 is 10.7 Å². The molecule has 0 saturated carbocycles. The minimum Gasteiger partial charge on any atom is -0.369 e. The minimum absolute atomic E-state index is 0.652. The van der Waals surface area contributed by atoms with Crippen molar-refractivity contribution in [1.29, 1.82) is 0 Å². The maximum atomic E-state index is 5.42. The molecule has 0 saturated heterocycles. The Morgan fingerprint density at radius 2 is 2.06 bits per heavy atom. The number of aryl methyl sites for hydroxylation is 1. The summed E-state index contributed by atoms with van der Waals surface area (Å²) in [6, 6.07) is 0. The molecule has 2 rings (SSSR count). The zero-order chi connectivity index (χ0) is 13.0. The molecule has 0 radical (unpaired) electrons. The molecule has 2 heterocycles. The fraction of sp³-hybridized carbons (Fsp3) is 0.364. The molecule has 0 aliphatic heterocycles. The number of nitrogens with zero attached hydrogens (tertiary/aromatic N) is 3. The highest BCUT2D eigenvalue weighted by atomic mass is 32.1. The second kappa shape index (κ2) is 5.74. The van der Waals surface area contributed by atoms with E-state index < -0.39 is 0 Å². The molecule has 0 bridgehead atoms. The predicted molar refractivity (Wildman–Crippen MR) is 73.6 cm³/mol. The summed E-state index contributed by atoms with van der Waals surface area (Å²) in [4.78, 5) is 12.8. The van der Waals surface area contributed by atoms with Crippen LogP contribution in [0.25, 0.3) is 0 Å². The Kier molecular flexibility index (Phi) is 4.06. The standard InChI is InChI=1S/C11H16N6S/c1-7-10(15-8(2)16-11(7)17-12)13-4-3-9-5-18-6-14-9/h5-6H,3-4,12H2,1-2H3,(H2,13,15,16,17). The molecule has 4 N–H and O–H groups in total. The zero-order valence-corrected chi connectivity index (χ0v) is 11.2. The van der Waals surface area contributed by atoms with Crippen molar-refractivity contribution in [2.24, 2.45) is 5.84 Å². The number of thiazole rings is 1. The van der Waals surface area contributed by atoms with Gasteiger partial charge in [-0.3, -0.25) is 0 Å². The number of hydrogen-bond acceptors (Lipinski definition) is 7. The van der Waals surface area contributed by atoms with Crippen LogP contribution >= 0.6 is 11.3 Å². The molecule has 0 aromatic carbocycles. The maximum Gasteiger partial charge on any atom is 0.148 e. The van der Waals surface area contributed by atoms with Crippen molar-refractivity contribution < 1.29 is 0 Å². The SMILES string of the molecule is Cc1nc(NN)c(C)c(NCCc2cscn2)n1.